The van der Waals surface area contributed by atoms with E-state index in [2.05, 4.69) is 5.32 Å². The van der Waals surface area contributed by atoms with E-state index in [1.165, 1.54) is 49.1 Å². The van der Waals surface area contributed by atoms with Crippen molar-refractivity contribution in [2.75, 3.05) is 19.3 Å². The molecule has 4 bridgehead atoms. The molecule has 0 spiro atoms. The molecule has 1 amide bonds. The van der Waals surface area contributed by atoms with Crippen molar-refractivity contribution in [1.29, 1.82) is 0 Å². The molecule has 1 atom stereocenters. The zero-order chi connectivity index (χ0) is 16.9. The number of carbonyl (C=O) groups excluding carboxylic acids is 1. The number of hydrogen-bond acceptors (Lipinski definition) is 3. The molecule has 1 heterocycles. The second-order valence-electron chi connectivity index (χ2n) is 8.99. The van der Waals surface area contributed by atoms with E-state index >= 15 is 0 Å². The summed E-state index contributed by atoms with van der Waals surface area (Å²) < 4.78 is 25.0. The molecule has 1 unspecified atom stereocenters. The van der Waals surface area contributed by atoms with Crippen molar-refractivity contribution in [3.05, 3.63) is 0 Å². The molecule has 5 fully saturated rings. The van der Waals surface area contributed by atoms with Crippen molar-refractivity contribution < 1.29 is 13.2 Å². The highest BCUT2D eigenvalue weighted by atomic mass is 32.2. The maximum absolute atomic E-state index is 12.5. The third-order valence-corrected chi connectivity index (χ3v) is 8.34. The maximum atomic E-state index is 12.5. The van der Waals surface area contributed by atoms with E-state index in [4.69, 9.17) is 0 Å². The van der Waals surface area contributed by atoms with Crippen molar-refractivity contribution >= 4 is 15.9 Å². The molecule has 5 rings (SSSR count). The van der Waals surface area contributed by atoms with Crippen LogP contribution in [0.5, 0.6) is 0 Å². The summed E-state index contributed by atoms with van der Waals surface area (Å²) in [5, 5.41) is 3.06. The maximum Gasteiger partial charge on any atom is 0.238 e. The van der Waals surface area contributed by atoms with Gasteiger partial charge in [-0.15, -0.1) is 0 Å². The van der Waals surface area contributed by atoms with Crippen molar-refractivity contribution in [1.82, 2.24) is 9.62 Å². The van der Waals surface area contributed by atoms with Crippen molar-refractivity contribution in [2.24, 2.45) is 23.2 Å². The van der Waals surface area contributed by atoms with Gasteiger partial charge in [0.05, 0.1) is 6.26 Å². The van der Waals surface area contributed by atoms with Crippen LogP contribution in [0, 0.1) is 23.2 Å². The minimum atomic E-state index is -3.29. The Morgan fingerprint density at radius 2 is 1.71 bits per heavy atom. The largest absolute Gasteiger partial charge is 0.355 e. The number of rotatable bonds is 5. The first-order valence-corrected chi connectivity index (χ1v) is 11.4. The fraction of sp³-hybridized carbons (Fsp3) is 0.944. The molecular formula is C18H30N2O3S. The van der Waals surface area contributed by atoms with Gasteiger partial charge in [0.15, 0.2) is 0 Å². The summed E-state index contributed by atoms with van der Waals surface area (Å²) in [6.45, 7) is 1.19. The van der Waals surface area contributed by atoms with Gasteiger partial charge in [-0.05, 0) is 81.0 Å². The zero-order valence-corrected chi connectivity index (χ0v) is 15.5. The lowest BCUT2D eigenvalue weighted by Gasteiger charge is -2.57. The van der Waals surface area contributed by atoms with Gasteiger partial charge < -0.3 is 5.32 Å². The van der Waals surface area contributed by atoms with Gasteiger partial charge in [-0.3, -0.25) is 4.79 Å². The summed E-state index contributed by atoms with van der Waals surface area (Å²) in [5.74, 6) is 2.70. The summed E-state index contributed by atoms with van der Waals surface area (Å²) >= 11 is 0. The van der Waals surface area contributed by atoms with Crippen LogP contribution in [0.15, 0.2) is 0 Å². The molecule has 5 nitrogen and oxygen atoms in total. The number of hydrogen-bond donors (Lipinski definition) is 1. The molecular weight excluding hydrogens is 324 g/mol. The number of amides is 1. The van der Waals surface area contributed by atoms with Gasteiger partial charge in [-0.2, -0.15) is 4.31 Å². The minimum Gasteiger partial charge on any atom is -0.355 e. The average Bonchev–Trinajstić information content (AvgIpc) is 2.95. The fourth-order valence-electron chi connectivity index (χ4n) is 6.56. The molecule has 0 aromatic heterocycles. The van der Waals surface area contributed by atoms with Crippen molar-refractivity contribution in [3.63, 3.8) is 0 Å². The topological polar surface area (TPSA) is 66.5 Å². The number of sulfonamides is 1. The molecule has 0 radical (unpaired) electrons. The first-order valence-electron chi connectivity index (χ1n) is 9.59. The molecule has 1 saturated heterocycles. The van der Waals surface area contributed by atoms with Crippen LogP contribution >= 0.6 is 0 Å². The predicted octanol–water partition coefficient (Wildman–Crippen LogP) is 2.13. The Hall–Kier alpha value is -0.620. The molecule has 24 heavy (non-hydrogen) atoms. The second kappa shape index (κ2) is 5.97. The summed E-state index contributed by atoms with van der Waals surface area (Å²) in [5.41, 5.74) is 0.466. The lowest BCUT2D eigenvalue weighted by atomic mass is 9.49. The van der Waals surface area contributed by atoms with Crippen LogP contribution < -0.4 is 5.32 Å². The fourth-order valence-corrected chi connectivity index (χ4v) is 7.69. The van der Waals surface area contributed by atoms with Gasteiger partial charge in [0, 0.05) is 13.1 Å². The third-order valence-electron chi connectivity index (χ3n) is 7.05. The van der Waals surface area contributed by atoms with Crippen LogP contribution in [0.1, 0.15) is 57.8 Å². The van der Waals surface area contributed by atoms with Crippen LogP contribution in [0.2, 0.25) is 0 Å². The molecule has 0 aromatic rings. The monoisotopic (exact) mass is 354 g/mol. The molecule has 5 aliphatic rings. The first kappa shape index (κ1) is 16.8. The highest BCUT2D eigenvalue weighted by molar-refractivity contribution is 7.88. The average molecular weight is 355 g/mol. The predicted molar refractivity (Wildman–Crippen MR) is 92.8 cm³/mol. The van der Waals surface area contributed by atoms with E-state index in [1.54, 1.807) is 0 Å². The summed E-state index contributed by atoms with van der Waals surface area (Å²) in [6, 6.07) is -0.489. The molecule has 1 N–H and O–H groups in total. The van der Waals surface area contributed by atoms with Crippen LogP contribution in [-0.4, -0.2) is 44.0 Å². The highest BCUT2D eigenvalue weighted by Gasteiger charge is 2.50. The third kappa shape index (κ3) is 3.12. The van der Waals surface area contributed by atoms with Crippen molar-refractivity contribution in [2.45, 2.75) is 63.8 Å². The Labute approximate surface area is 145 Å². The lowest BCUT2D eigenvalue weighted by molar-refractivity contribution is -0.124. The van der Waals surface area contributed by atoms with Gasteiger partial charge >= 0.3 is 0 Å². The smallest absolute Gasteiger partial charge is 0.238 e. The SMILES string of the molecule is CS(=O)(=O)N1CCCC1C(=O)NCCC12CC3CC(CC(C3)C1)C2. The summed E-state index contributed by atoms with van der Waals surface area (Å²) in [6.07, 6.45) is 12.1. The molecule has 1 aliphatic heterocycles. The van der Waals surface area contributed by atoms with Crippen LogP contribution in [-0.2, 0) is 14.8 Å². The molecule has 6 heteroatoms. The second-order valence-corrected chi connectivity index (χ2v) is 10.9. The Morgan fingerprint density at radius 1 is 1.12 bits per heavy atom. The molecule has 4 aliphatic carbocycles. The van der Waals surface area contributed by atoms with E-state index in [-0.39, 0.29) is 5.91 Å². The molecule has 4 saturated carbocycles. The molecule has 136 valence electrons. The summed E-state index contributed by atoms with van der Waals surface area (Å²) in [7, 11) is -3.29. The lowest BCUT2D eigenvalue weighted by Crippen LogP contribution is -2.49. The van der Waals surface area contributed by atoms with Gasteiger partial charge in [-0.25, -0.2) is 8.42 Å². The van der Waals surface area contributed by atoms with Crippen LogP contribution in [0.3, 0.4) is 0 Å². The van der Waals surface area contributed by atoms with E-state index in [0.717, 1.165) is 30.6 Å². The normalized spacial score (nSPS) is 41.7. The van der Waals surface area contributed by atoms with E-state index in [0.29, 0.717) is 24.9 Å². The molecule has 0 aromatic carbocycles. The number of nitrogens with one attached hydrogen (secondary N) is 1. The highest BCUT2D eigenvalue weighted by Crippen LogP contribution is 2.61. The minimum absolute atomic E-state index is 0.0948. The van der Waals surface area contributed by atoms with Gasteiger partial charge in [0.2, 0.25) is 15.9 Å². The van der Waals surface area contributed by atoms with Gasteiger partial charge in [-0.1, -0.05) is 0 Å². The van der Waals surface area contributed by atoms with Crippen LogP contribution in [0.25, 0.3) is 0 Å². The standard InChI is InChI=1S/C18H30N2O3S/c1-24(22,23)20-6-2-3-16(20)17(21)19-5-4-18-10-13-7-14(11-18)9-15(8-13)12-18/h13-16H,2-12H2,1H3,(H,19,21). The summed E-state index contributed by atoms with van der Waals surface area (Å²) in [4.78, 5) is 12.5. The Bertz CT molecular complexity index is 580. The van der Waals surface area contributed by atoms with Gasteiger partial charge in [0.25, 0.3) is 0 Å². The van der Waals surface area contributed by atoms with E-state index in [1.807, 2.05) is 0 Å². The zero-order valence-electron chi connectivity index (χ0n) is 14.7. The van der Waals surface area contributed by atoms with Crippen LogP contribution in [0.4, 0.5) is 0 Å². The number of carbonyl (C=O) groups is 1. The van der Waals surface area contributed by atoms with E-state index < -0.39 is 16.1 Å². The van der Waals surface area contributed by atoms with Crippen molar-refractivity contribution in [3.8, 4) is 0 Å². The van der Waals surface area contributed by atoms with Gasteiger partial charge in [0.1, 0.15) is 6.04 Å². The Morgan fingerprint density at radius 3 is 2.25 bits per heavy atom. The number of nitrogens with zero attached hydrogens (tertiary/aromatic N) is 1. The first-order chi connectivity index (χ1) is 11.3. The quantitative estimate of drug-likeness (QED) is 0.822. The Balaban J connectivity index is 1.32. The Kier molecular flexibility index (Phi) is 4.19. The van der Waals surface area contributed by atoms with E-state index in [9.17, 15) is 13.2 Å².